The Labute approximate surface area is 325 Å². The molecule has 8 nitrogen and oxygen atoms in total. The highest BCUT2D eigenvalue weighted by Gasteiger charge is 2.51. The van der Waals surface area contributed by atoms with E-state index in [0.29, 0.717) is 23.4 Å². The highest BCUT2D eigenvalue weighted by molar-refractivity contribution is 7.86. The summed E-state index contributed by atoms with van der Waals surface area (Å²) in [5.41, 5.74) is 2.47. The summed E-state index contributed by atoms with van der Waals surface area (Å²) in [5, 5.41) is 1.55. The summed E-state index contributed by atoms with van der Waals surface area (Å²) < 4.78 is 45.7. The van der Waals surface area contributed by atoms with E-state index in [1.807, 2.05) is 37.4 Å². The molecule has 0 aromatic heterocycles. The van der Waals surface area contributed by atoms with Crippen molar-refractivity contribution < 1.29 is 32.0 Å². The Bertz CT molecular complexity index is 1710. The van der Waals surface area contributed by atoms with E-state index in [4.69, 9.17) is 9.47 Å². The van der Waals surface area contributed by atoms with E-state index in [1.165, 1.54) is 77.7 Å². The molecule has 4 atom stereocenters. The van der Waals surface area contributed by atoms with Gasteiger partial charge in [0, 0.05) is 23.9 Å². The average Bonchev–Trinajstić information content (AvgIpc) is 3.40. The summed E-state index contributed by atoms with van der Waals surface area (Å²) in [6.07, 6.45) is 20.9. The number of methoxy groups -OCH3 is 1. The van der Waals surface area contributed by atoms with Crippen LogP contribution in [0.4, 0.5) is 0 Å². The van der Waals surface area contributed by atoms with Gasteiger partial charge >= 0.3 is 11.9 Å². The van der Waals surface area contributed by atoms with Gasteiger partial charge in [0.25, 0.3) is 10.1 Å². The zero-order valence-corrected chi connectivity index (χ0v) is 34.1. The zero-order valence-electron chi connectivity index (χ0n) is 33.3. The van der Waals surface area contributed by atoms with E-state index in [2.05, 4.69) is 24.8 Å². The van der Waals surface area contributed by atoms with Crippen molar-refractivity contribution in [2.24, 2.45) is 5.92 Å². The Kier molecular flexibility index (Phi) is 18.0. The fourth-order valence-electron chi connectivity index (χ4n) is 8.50. The summed E-state index contributed by atoms with van der Waals surface area (Å²) >= 11 is 0. The maximum atomic E-state index is 12.5. The number of fused-ring (bicyclic) bond motifs is 3. The van der Waals surface area contributed by atoms with Gasteiger partial charge in [0.05, 0.1) is 12.7 Å². The molecule has 0 aliphatic carbocycles. The van der Waals surface area contributed by atoms with Crippen molar-refractivity contribution in [1.29, 1.82) is 0 Å². The van der Waals surface area contributed by atoms with Crippen LogP contribution in [0.2, 0.25) is 0 Å². The van der Waals surface area contributed by atoms with Gasteiger partial charge < -0.3 is 9.47 Å². The highest BCUT2D eigenvalue weighted by Crippen LogP contribution is 2.40. The van der Waals surface area contributed by atoms with Crippen LogP contribution in [0, 0.1) is 5.92 Å². The highest BCUT2D eigenvalue weighted by atomic mass is 32.2. The minimum absolute atomic E-state index is 0.0970. The number of nitrogens with zero attached hydrogens (tertiary/aromatic N) is 1. The number of unbranched alkanes of at least 4 members (excludes halogenated alkanes) is 12. The molecule has 2 bridgehead atoms. The lowest BCUT2D eigenvalue weighted by atomic mass is 9.87. The molecule has 0 spiro atoms. The van der Waals surface area contributed by atoms with Crippen LogP contribution in [0.1, 0.15) is 144 Å². The predicted octanol–water partition coefficient (Wildman–Crippen LogP) is 10.5. The van der Waals surface area contributed by atoms with Crippen LogP contribution in [-0.2, 0) is 37.2 Å². The summed E-state index contributed by atoms with van der Waals surface area (Å²) in [4.78, 5) is 26.9. The van der Waals surface area contributed by atoms with Gasteiger partial charge in [-0.05, 0) is 74.2 Å². The molecule has 9 heteroatoms. The molecule has 4 unspecified atom stereocenters. The number of hydrogen-bond acceptors (Lipinski definition) is 7. The third kappa shape index (κ3) is 12.4. The quantitative estimate of drug-likeness (QED) is 0.0688. The van der Waals surface area contributed by atoms with E-state index in [0.717, 1.165) is 61.5 Å². The standard InChI is InChI=1S/C28H44O3S.C17H21NO4/c1-3-5-7-9-11-13-15-19-24-23-25-20-17-18-22-27(25)28(32(29,30)31)26(24)21-16-14-12-10-8-6-4-2;1-18-12-8-9-13(18)15(17(20)21-2)14(10-12)22-16(19)11-6-4-3-5-7-11/h17-18,20,22-23H,3-16,19,21H2,1-2H3,(H,29,30,31);3-7,12-15H,8-10H2,1-2H3. The second-order valence-electron chi connectivity index (χ2n) is 15.3. The maximum Gasteiger partial charge on any atom is 0.338 e. The van der Waals surface area contributed by atoms with E-state index < -0.39 is 22.1 Å². The van der Waals surface area contributed by atoms with Crippen molar-refractivity contribution >= 4 is 32.8 Å². The van der Waals surface area contributed by atoms with Crippen molar-refractivity contribution in [3.05, 3.63) is 77.4 Å². The van der Waals surface area contributed by atoms with Crippen molar-refractivity contribution in [2.45, 2.75) is 159 Å². The fraction of sp³-hybridized carbons (Fsp3) is 0.600. The monoisotopic (exact) mass is 763 g/mol. The predicted molar refractivity (Wildman–Crippen MR) is 217 cm³/mol. The first-order chi connectivity index (χ1) is 26.1. The largest absolute Gasteiger partial charge is 0.469 e. The molecule has 0 saturated carbocycles. The minimum Gasteiger partial charge on any atom is -0.469 e. The van der Waals surface area contributed by atoms with Gasteiger partial charge in [-0.1, -0.05) is 139 Å². The summed E-state index contributed by atoms with van der Waals surface area (Å²) in [7, 11) is -0.859. The van der Waals surface area contributed by atoms with Crippen LogP contribution in [0.15, 0.2) is 65.6 Å². The van der Waals surface area contributed by atoms with Crippen LogP contribution in [0.3, 0.4) is 0 Å². The summed E-state index contributed by atoms with van der Waals surface area (Å²) in [6.45, 7) is 4.46. The van der Waals surface area contributed by atoms with E-state index in [1.54, 1.807) is 24.3 Å². The Morgan fingerprint density at radius 2 is 1.35 bits per heavy atom. The van der Waals surface area contributed by atoms with Gasteiger partial charge in [-0.15, -0.1) is 0 Å². The lowest BCUT2D eigenvalue weighted by Gasteiger charge is -2.40. The van der Waals surface area contributed by atoms with E-state index in [9.17, 15) is 22.6 Å². The van der Waals surface area contributed by atoms with Crippen molar-refractivity contribution in [3.63, 3.8) is 0 Å². The van der Waals surface area contributed by atoms with Crippen LogP contribution in [-0.4, -0.2) is 62.2 Å². The van der Waals surface area contributed by atoms with Gasteiger partial charge in [0.15, 0.2) is 0 Å². The van der Waals surface area contributed by atoms with Crippen LogP contribution in [0.25, 0.3) is 10.8 Å². The molecule has 2 fully saturated rings. The molecule has 2 heterocycles. The van der Waals surface area contributed by atoms with E-state index in [-0.39, 0.29) is 22.9 Å². The number of carbonyl (C=O) groups excluding carboxylic acids is 2. The van der Waals surface area contributed by atoms with Crippen LogP contribution < -0.4 is 0 Å². The summed E-state index contributed by atoms with van der Waals surface area (Å²) in [6, 6.07) is 19.1. The average molecular weight is 764 g/mol. The SMILES string of the molecule is CCCCCCCCCc1cc2ccccc2c(S(=O)(=O)O)c1CCCCCCCCC.COC(=O)C1C(OC(=O)c2ccccc2)CC2CCC1N2C. The van der Waals surface area contributed by atoms with Gasteiger partial charge in [-0.3, -0.25) is 14.2 Å². The Balaban J connectivity index is 0.000000256. The molecule has 3 aromatic rings. The second-order valence-corrected chi connectivity index (χ2v) is 16.7. The van der Waals surface area contributed by atoms with Crippen molar-refractivity contribution in [3.8, 4) is 0 Å². The number of hydrogen-bond donors (Lipinski definition) is 1. The molecule has 5 rings (SSSR count). The van der Waals surface area contributed by atoms with Gasteiger partial charge in [0.1, 0.15) is 16.9 Å². The van der Waals surface area contributed by atoms with Gasteiger partial charge in [-0.25, -0.2) is 4.79 Å². The Hall–Kier alpha value is -3.27. The number of benzene rings is 3. The van der Waals surface area contributed by atoms with Crippen molar-refractivity contribution in [1.82, 2.24) is 4.90 Å². The van der Waals surface area contributed by atoms with Crippen LogP contribution >= 0.6 is 0 Å². The Morgan fingerprint density at radius 3 is 1.96 bits per heavy atom. The number of ether oxygens (including phenoxy) is 2. The molecular weight excluding hydrogens is 699 g/mol. The second kappa shape index (κ2) is 22.3. The molecule has 54 heavy (non-hydrogen) atoms. The third-order valence-corrected chi connectivity index (χ3v) is 12.5. The van der Waals surface area contributed by atoms with Gasteiger partial charge in [0.2, 0.25) is 0 Å². The van der Waals surface area contributed by atoms with Gasteiger partial charge in [-0.2, -0.15) is 8.42 Å². The molecule has 2 saturated heterocycles. The first-order valence-electron chi connectivity index (χ1n) is 20.7. The molecule has 3 aromatic carbocycles. The van der Waals surface area contributed by atoms with E-state index >= 15 is 0 Å². The number of aryl methyl sites for hydroxylation is 1. The summed E-state index contributed by atoms with van der Waals surface area (Å²) in [5.74, 6) is -1.06. The lowest BCUT2D eigenvalue weighted by Crippen LogP contribution is -2.53. The smallest absolute Gasteiger partial charge is 0.338 e. The number of rotatable bonds is 20. The molecule has 2 aliphatic heterocycles. The minimum atomic E-state index is -4.28. The topological polar surface area (TPSA) is 110 Å². The maximum absolute atomic E-state index is 12.5. The molecule has 0 radical (unpaired) electrons. The number of piperidine rings is 1. The first-order valence-corrected chi connectivity index (χ1v) is 22.1. The molecule has 1 N–H and O–H groups in total. The molecule has 298 valence electrons. The molecule has 0 amide bonds. The van der Waals surface area contributed by atoms with Crippen LogP contribution in [0.5, 0.6) is 0 Å². The number of carbonyl (C=O) groups is 2. The normalized spacial score (nSPS) is 19.6. The first kappa shape index (κ1) is 43.5. The Morgan fingerprint density at radius 1 is 0.778 bits per heavy atom. The lowest BCUT2D eigenvalue weighted by molar-refractivity contribution is -0.156. The zero-order chi connectivity index (χ0) is 38.9. The van der Waals surface area contributed by atoms with Crippen molar-refractivity contribution in [2.75, 3.05) is 14.2 Å². The molecule has 2 aliphatic rings. The molecular formula is C45H65NO7S. The number of esters is 2. The third-order valence-electron chi connectivity index (χ3n) is 11.5. The fourth-order valence-corrected chi connectivity index (χ4v) is 9.51.